The molecule has 0 aromatic heterocycles. The van der Waals surface area contributed by atoms with E-state index in [9.17, 15) is 9.90 Å². The fourth-order valence-electron chi connectivity index (χ4n) is 2.46. The van der Waals surface area contributed by atoms with Gasteiger partial charge in [0.25, 0.3) is 5.91 Å². The van der Waals surface area contributed by atoms with Crippen molar-refractivity contribution >= 4 is 34.5 Å². The maximum atomic E-state index is 12.1. The molecule has 0 aliphatic rings. The third-order valence-corrected chi connectivity index (χ3v) is 4.06. The second-order valence-electron chi connectivity index (χ2n) is 5.38. The van der Waals surface area contributed by atoms with E-state index in [1.54, 1.807) is 6.21 Å². The Morgan fingerprint density at radius 1 is 1.12 bits per heavy atom. The molecule has 0 aliphatic heterocycles. The average molecular weight is 339 g/mol. The summed E-state index contributed by atoms with van der Waals surface area (Å²) in [7, 11) is 0. The number of halogens is 1. The molecule has 0 spiro atoms. The standard InChI is InChI=1S/C19H15ClN2O2/c1-12-6-7-14(16-5-3-2-4-15(12)16)11-21-22-19(24)13-8-9-18(23)17(20)10-13/h2-11,23H,1H3,(H,22,24)/b21-11+. The van der Waals surface area contributed by atoms with Crippen LogP contribution in [0.5, 0.6) is 5.75 Å². The van der Waals surface area contributed by atoms with Crippen LogP contribution in [-0.4, -0.2) is 17.2 Å². The molecule has 0 bridgehead atoms. The largest absolute Gasteiger partial charge is 0.506 e. The van der Waals surface area contributed by atoms with Crippen molar-refractivity contribution in [1.29, 1.82) is 0 Å². The molecule has 0 fully saturated rings. The molecule has 0 saturated carbocycles. The lowest BCUT2D eigenvalue weighted by molar-refractivity contribution is 0.0955. The zero-order chi connectivity index (χ0) is 17.1. The van der Waals surface area contributed by atoms with Gasteiger partial charge in [-0.05, 0) is 41.5 Å². The SMILES string of the molecule is Cc1ccc(/C=N/NC(=O)c2ccc(O)c(Cl)c2)c2ccccc12. The van der Waals surface area contributed by atoms with Gasteiger partial charge in [0.15, 0.2) is 0 Å². The van der Waals surface area contributed by atoms with Crippen molar-refractivity contribution in [2.45, 2.75) is 6.92 Å². The van der Waals surface area contributed by atoms with Gasteiger partial charge in [0.05, 0.1) is 11.2 Å². The fourth-order valence-corrected chi connectivity index (χ4v) is 2.64. The maximum absolute atomic E-state index is 12.1. The highest BCUT2D eigenvalue weighted by Crippen LogP contribution is 2.23. The first kappa shape index (κ1) is 16.0. The number of phenols is 1. The molecule has 24 heavy (non-hydrogen) atoms. The molecule has 0 atom stereocenters. The summed E-state index contributed by atoms with van der Waals surface area (Å²) in [5.41, 5.74) is 4.89. The van der Waals surface area contributed by atoms with E-state index in [4.69, 9.17) is 11.6 Å². The number of aryl methyl sites for hydroxylation is 1. The predicted molar refractivity (Wildman–Crippen MR) is 96.9 cm³/mol. The van der Waals surface area contributed by atoms with Crippen molar-refractivity contribution in [3.05, 3.63) is 76.3 Å². The summed E-state index contributed by atoms with van der Waals surface area (Å²) in [5, 5.41) is 15.7. The molecule has 3 aromatic rings. The lowest BCUT2D eigenvalue weighted by Gasteiger charge is -2.05. The first-order valence-corrected chi connectivity index (χ1v) is 7.74. The van der Waals surface area contributed by atoms with E-state index >= 15 is 0 Å². The third-order valence-electron chi connectivity index (χ3n) is 3.76. The first-order valence-electron chi connectivity index (χ1n) is 7.36. The van der Waals surface area contributed by atoms with Gasteiger partial charge in [-0.3, -0.25) is 4.79 Å². The molecule has 0 saturated heterocycles. The Morgan fingerprint density at radius 3 is 2.62 bits per heavy atom. The Labute approximate surface area is 144 Å². The van der Waals surface area contributed by atoms with E-state index in [0.717, 1.165) is 16.3 Å². The molecule has 4 nitrogen and oxygen atoms in total. The van der Waals surface area contributed by atoms with E-state index < -0.39 is 5.91 Å². The van der Waals surface area contributed by atoms with Crippen LogP contribution >= 0.6 is 11.6 Å². The van der Waals surface area contributed by atoms with Crippen molar-refractivity contribution in [2.24, 2.45) is 5.10 Å². The molecule has 5 heteroatoms. The van der Waals surface area contributed by atoms with Gasteiger partial charge in [0.1, 0.15) is 5.75 Å². The monoisotopic (exact) mass is 338 g/mol. The van der Waals surface area contributed by atoms with Crippen LogP contribution in [0.4, 0.5) is 0 Å². The van der Waals surface area contributed by atoms with Crippen LogP contribution in [-0.2, 0) is 0 Å². The summed E-state index contributed by atoms with van der Waals surface area (Å²) in [5.74, 6) is -0.465. The minimum absolute atomic E-state index is 0.0668. The lowest BCUT2D eigenvalue weighted by atomic mass is 10.0. The maximum Gasteiger partial charge on any atom is 0.271 e. The van der Waals surface area contributed by atoms with Crippen LogP contribution in [0.3, 0.4) is 0 Å². The number of carbonyl (C=O) groups excluding carboxylic acids is 1. The topological polar surface area (TPSA) is 61.7 Å². The highest BCUT2D eigenvalue weighted by molar-refractivity contribution is 6.32. The smallest absolute Gasteiger partial charge is 0.271 e. The zero-order valence-corrected chi connectivity index (χ0v) is 13.7. The van der Waals surface area contributed by atoms with Gasteiger partial charge in [-0.2, -0.15) is 5.10 Å². The number of phenolic OH excluding ortho intramolecular Hbond substituents is 1. The Balaban J connectivity index is 1.80. The summed E-state index contributed by atoms with van der Waals surface area (Å²) in [6, 6.07) is 16.3. The Kier molecular flexibility index (Phi) is 4.49. The number of nitrogens with one attached hydrogen (secondary N) is 1. The van der Waals surface area contributed by atoms with Crippen molar-refractivity contribution in [1.82, 2.24) is 5.43 Å². The molecule has 0 radical (unpaired) electrons. The Bertz CT molecular complexity index is 951. The van der Waals surface area contributed by atoms with Gasteiger partial charge in [0.2, 0.25) is 0 Å². The molecule has 1 amide bonds. The Morgan fingerprint density at radius 2 is 1.88 bits per heavy atom. The number of nitrogens with zero attached hydrogens (tertiary/aromatic N) is 1. The average Bonchev–Trinajstić information content (AvgIpc) is 2.59. The van der Waals surface area contributed by atoms with Crippen LogP contribution in [0.2, 0.25) is 5.02 Å². The van der Waals surface area contributed by atoms with E-state index in [-0.39, 0.29) is 10.8 Å². The van der Waals surface area contributed by atoms with Gasteiger partial charge in [-0.25, -0.2) is 5.43 Å². The lowest BCUT2D eigenvalue weighted by Crippen LogP contribution is -2.17. The van der Waals surface area contributed by atoms with Crippen LogP contribution in [0.25, 0.3) is 10.8 Å². The number of hydrogen-bond donors (Lipinski definition) is 2. The zero-order valence-electron chi connectivity index (χ0n) is 13.0. The summed E-state index contributed by atoms with van der Waals surface area (Å²) < 4.78 is 0. The van der Waals surface area contributed by atoms with E-state index in [1.165, 1.54) is 23.8 Å². The number of carbonyl (C=O) groups is 1. The minimum atomic E-state index is -0.399. The molecule has 120 valence electrons. The fraction of sp³-hybridized carbons (Fsp3) is 0.0526. The highest BCUT2D eigenvalue weighted by atomic mass is 35.5. The molecule has 0 heterocycles. The number of rotatable bonds is 3. The van der Waals surface area contributed by atoms with Gasteiger partial charge in [0, 0.05) is 11.1 Å². The second kappa shape index (κ2) is 6.72. The molecule has 0 aliphatic carbocycles. The Hall–Kier alpha value is -2.85. The number of fused-ring (bicyclic) bond motifs is 1. The van der Waals surface area contributed by atoms with Crippen LogP contribution < -0.4 is 5.43 Å². The molecule has 3 aromatic carbocycles. The highest BCUT2D eigenvalue weighted by Gasteiger charge is 2.07. The van der Waals surface area contributed by atoms with Crippen LogP contribution in [0.15, 0.2) is 59.7 Å². The van der Waals surface area contributed by atoms with Crippen molar-refractivity contribution < 1.29 is 9.90 Å². The van der Waals surface area contributed by atoms with Gasteiger partial charge < -0.3 is 5.11 Å². The van der Waals surface area contributed by atoms with Gasteiger partial charge in [-0.1, -0.05) is 48.0 Å². The minimum Gasteiger partial charge on any atom is -0.506 e. The number of amides is 1. The molecule has 3 rings (SSSR count). The second-order valence-corrected chi connectivity index (χ2v) is 5.79. The first-order chi connectivity index (χ1) is 11.6. The molecular formula is C19H15ClN2O2. The summed E-state index contributed by atoms with van der Waals surface area (Å²) >= 11 is 5.80. The molecule has 2 N–H and O–H groups in total. The van der Waals surface area contributed by atoms with Crippen molar-refractivity contribution in [3.8, 4) is 5.75 Å². The van der Waals surface area contributed by atoms with E-state index in [2.05, 4.69) is 23.5 Å². The normalized spacial score (nSPS) is 11.1. The molecule has 0 unspecified atom stereocenters. The summed E-state index contributed by atoms with van der Waals surface area (Å²) in [6.07, 6.45) is 1.61. The van der Waals surface area contributed by atoms with Gasteiger partial charge in [-0.15, -0.1) is 0 Å². The van der Waals surface area contributed by atoms with Crippen LogP contribution in [0, 0.1) is 6.92 Å². The summed E-state index contributed by atoms with van der Waals surface area (Å²) in [4.78, 5) is 12.1. The quantitative estimate of drug-likeness (QED) is 0.553. The predicted octanol–water partition coefficient (Wildman–Crippen LogP) is 4.27. The van der Waals surface area contributed by atoms with E-state index in [1.807, 2.05) is 30.3 Å². The number of hydrazone groups is 1. The third kappa shape index (κ3) is 3.24. The summed E-state index contributed by atoms with van der Waals surface area (Å²) in [6.45, 7) is 2.06. The molecular weight excluding hydrogens is 324 g/mol. The number of aromatic hydroxyl groups is 1. The van der Waals surface area contributed by atoms with Crippen molar-refractivity contribution in [3.63, 3.8) is 0 Å². The number of hydrogen-bond acceptors (Lipinski definition) is 3. The van der Waals surface area contributed by atoms with Crippen LogP contribution in [0.1, 0.15) is 21.5 Å². The van der Waals surface area contributed by atoms with Gasteiger partial charge >= 0.3 is 0 Å². The van der Waals surface area contributed by atoms with Crippen molar-refractivity contribution in [2.75, 3.05) is 0 Å². The van der Waals surface area contributed by atoms with E-state index in [0.29, 0.717) is 5.56 Å². The number of benzene rings is 3.